The van der Waals surface area contributed by atoms with E-state index >= 15 is 0 Å². The van der Waals surface area contributed by atoms with Gasteiger partial charge in [-0.25, -0.2) is 10.8 Å². The van der Waals surface area contributed by atoms with Crippen LogP contribution in [0.15, 0.2) is 18.3 Å². The minimum atomic E-state index is -0.136. The normalized spacial score (nSPS) is 12.2. The maximum Gasteiger partial charge on any atom is 0.141 e. The Kier molecular flexibility index (Phi) is 4.82. The number of rotatable bonds is 6. The Labute approximate surface area is 88.4 Å². The highest BCUT2D eigenvalue weighted by Crippen LogP contribution is 2.11. The Morgan fingerprint density at radius 3 is 3.07 bits per heavy atom. The number of aliphatic hydroxyl groups is 1. The first-order valence-electron chi connectivity index (χ1n) is 4.59. The minimum Gasteiger partial charge on any atom is -0.394 e. The van der Waals surface area contributed by atoms with Crippen LogP contribution in [0.3, 0.4) is 0 Å². The number of aliphatic hydroxyl groups excluding tert-OH is 1. The van der Waals surface area contributed by atoms with Crippen molar-refractivity contribution in [2.24, 2.45) is 5.84 Å². The summed E-state index contributed by atoms with van der Waals surface area (Å²) >= 11 is 0. The molecular weight excluding hydrogens is 196 g/mol. The molecule has 1 unspecified atom stereocenters. The highest BCUT2D eigenvalue weighted by Gasteiger charge is 2.06. The highest BCUT2D eigenvalue weighted by atomic mass is 16.5. The van der Waals surface area contributed by atoms with Gasteiger partial charge < -0.3 is 20.6 Å². The molecule has 1 rings (SSSR count). The zero-order valence-electron chi connectivity index (χ0n) is 8.60. The van der Waals surface area contributed by atoms with Crippen LogP contribution in [0.4, 0.5) is 11.5 Å². The molecule has 1 heterocycles. The second kappa shape index (κ2) is 6.18. The summed E-state index contributed by atoms with van der Waals surface area (Å²) in [5.41, 5.74) is 3.27. The second-order valence-electron chi connectivity index (χ2n) is 3.05. The van der Waals surface area contributed by atoms with Crippen molar-refractivity contribution in [3.63, 3.8) is 0 Å². The number of nitrogens with one attached hydrogen (secondary N) is 2. The lowest BCUT2D eigenvalue weighted by Crippen LogP contribution is -2.28. The van der Waals surface area contributed by atoms with Crippen LogP contribution in [-0.4, -0.2) is 36.5 Å². The van der Waals surface area contributed by atoms with Crippen molar-refractivity contribution < 1.29 is 9.84 Å². The third-order valence-electron chi connectivity index (χ3n) is 1.87. The fourth-order valence-electron chi connectivity index (χ4n) is 1.18. The summed E-state index contributed by atoms with van der Waals surface area (Å²) < 4.78 is 4.95. The third kappa shape index (κ3) is 3.70. The molecule has 0 aliphatic carbocycles. The van der Waals surface area contributed by atoms with E-state index < -0.39 is 0 Å². The number of methoxy groups -OCH3 is 1. The molecule has 6 nitrogen and oxygen atoms in total. The van der Waals surface area contributed by atoms with Crippen molar-refractivity contribution in [1.29, 1.82) is 0 Å². The average molecular weight is 212 g/mol. The summed E-state index contributed by atoms with van der Waals surface area (Å²) in [5.74, 6) is 5.79. The van der Waals surface area contributed by atoms with E-state index in [-0.39, 0.29) is 12.6 Å². The molecule has 0 spiro atoms. The molecule has 0 radical (unpaired) electrons. The van der Waals surface area contributed by atoms with E-state index in [0.29, 0.717) is 12.4 Å². The maximum atomic E-state index is 9.05. The molecule has 0 aliphatic rings. The molecule has 0 bridgehead atoms. The number of hydrazine groups is 1. The van der Waals surface area contributed by atoms with Gasteiger partial charge >= 0.3 is 0 Å². The first-order chi connectivity index (χ1) is 7.30. The number of nitrogens with zero attached hydrogens (tertiary/aromatic N) is 1. The standard InChI is InChI=1S/C9H16N4O2/c1-15-6-8(5-14)12-7-2-3-11-9(4-7)13-10/h2-4,8,14H,5-6,10H2,1H3,(H2,11,12,13). The lowest BCUT2D eigenvalue weighted by Gasteiger charge is -2.16. The van der Waals surface area contributed by atoms with Crippen LogP contribution >= 0.6 is 0 Å². The summed E-state index contributed by atoms with van der Waals surface area (Å²) in [6, 6.07) is 3.40. The second-order valence-corrected chi connectivity index (χ2v) is 3.05. The van der Waals surface area contributed by atoms with Crippen molar-refractivity contribution in [3.8, 4) is 0 Å². The van der Waals surface area contributed by atoms with E-state index in [1.165, 1.54) is 0 Å². The number of hydrogen-bond donors (Lipinski definition) is 4. The Balaban J connectivity index is 2.61. The molecule has 1 aromatic heterocycles. The Hall–Kier alpha value is -1.37. The molecule has 0 saturated heterocycles. The van der Waals surface area contributed by atoms with Crippen LogP contribution in [0, 0.1) is 0 Å². The van der Waals surface area contributed by atoms with Crippen molar-refractivity contribution in [2.75, 3.05) is 31.1 Å². The molecule has 0 amide bonds. The molecule has 0 aromatic carbocycles. The molecule has 1 aromatic rings. The molecule has 5 N–H and O–H groups in total. The smallest absolute Gasteiger partial charge is 0.141 e. The maximum absolute atomic E-state index is 9.05. The predicted molar refractivity (Wildman–Crippen MR) is 58.4 cm³/mol. The summed E-state index contributed by atoms with van der Waals surface area (Å²) in [6.07, 6.45) is 1.62. The topological polar surface area (TPSA) is 92.4 Å². The van der Waals surface area contributed by atoms with Gasteiger partial charge in [0.25, 0.3) is 0 Å². The van der Waals surface area contributed by atoms with Gasteiger partial charge in [0.2, 0.25) is 0 Å². The third-order valence-corrected chi connectivity index (χ3v) is 1.87. The number of nitrogens with two attached hydrogens (primary N) is 1. The monoisotopic (exact) mass is 212 g/mol. The number of anilines is 2. The largest absolute Gasteiger partial charge is 0.394 e. The number of hydrogen-bond acceptors (Lipinski definition) is 6. The zero-order chi connectivity index (χ0) is 11.1. The molecule has 1 atom stereocenters. The Morgan fingerprint density at radius 1 is 1.67 bits per heavy atom. The van der Waals surface area contributed by atoms with Gasteiger partial charge in [0.05, 0.1) is 19.3 Å². The fourth-order valence-corrected chi connectivity index (χ4v) is 1.18. The fraction of sp³-hybridized carbons (Fsp3) is 0.444. The van der Waals surface area contributed by atoms with Crippen LogP contribution < -0.4 is 16.6 Å². The van der Waals surface area contributed by atoms with Gasteiger partial charge in [-0.2, -0.15) is 0 Å². The van der Waals surface area contributed by atoms with Gasteiger partial charge in [0.15, 0.2) is 0 Å². The van der Waals surface area contributed by atoms with E-state index in [0.717, 1.165) is 5.69 Å². The number of pyridine rings is 1. The van der Waals surface area contributed by atoms with Gasteiger partial charge in [-0.15, -0.1) is 0 Å². The molecule has 6 heteroatoms. The van der Waals surface area contributed by atoms with Crippen molar-refractivity contribution in [2.45, 2.75) is 6.04 Å². The summed E-state index contributed by atoms with van der Waals surface area (Å²) in [7, 11) is 1.59. The first kappa shape index (κ1) is 11.7. The van der Waals surface area contributed by atoms with Crippen LogP contribution in [0.2, 0.25) is 0 Å². The average Bonchev–Trinajstić information content (AvgIpc) is 2.29. The van der Waals surface area contributed by atoms with Crippen molar-refractivity contribution >= 4 is 11.5 Å². The van der Waals surface area contributed by atoms with Gasteiger partial charge in [-0.05, 0) is 6.07 Å². The van der Waals surface area contributed by atoms with E-state index in [1.807, 2.05) is 0 Å². The quantitative estimate of drug-likeness (QED) is 0.385. The van der Waals surface area contributed by atoms with Crippen LogP contribution in [0.5, 0.6) is 0 Å². The minimum absolute atomic E-state index is 0.00154. The molecule has 84 valence electrons. The highest BCUT2D eigenvalue weighted by molar-refractivity contribution is 5.51. The lowest BCUT2D eigenvalue weighted by atomic mass is 10.3. The number of aromatic nitrogens is 1. The first-order valence-corrected chi connectivity index (χ1v) is 4.59. The van der Waals surface area contributed by atoms with Gasteiger partial charge in [0, 0.05) is 25.1 Å². The van der Waals surface area contributed by atoms with E-state index in [9.17, 15) is 0 Å². The van der Waals surface area contributed by atoms with Gasteiger partial charge in [0.1, 0.15) is 5.82 Å². The van der Waals surface area contributed by atoms with Crippen LogP contribution in [0.1, 0.15) is 0 Å². The number of ether oxygens (including phenoxy) is 1. The predicted octanol–water partition coefficient (Wildman–Crippen LogP) is -0.214. The molecular formula is C9H16N4O2. The summed E-state index contributed by atoms with van der Waals surface area (Å²) in [5, 5.41) is 12.1. The van der Waals surface area contributed by atoms with Gasteiger partial charge in [-0.1, -0.05) is 0 Å². The van der Waals surface area contributed by atoms with E-state index in [1.54, 1.807) is 25.4 Å². The Bertz CT molecular complexity index is 295. The summed E-state index contributed by atoms with van der Waals surface area (Å²) in [6.45, 7) is 0.436. The van der Waals surface area contributed by atoms with Crippen molar-refractivity contribution in [1.82, 2.24) is 4.98 Å². The van der Waals surface area contributed by atoms with Crippen LogP contribution in [0.25, 0.3) is 0 Å². The summed E-state index contributed by atoms with van der Waals surface area (Å²) in [4.78, 5) is 3.97. The Morgan fingerprint density at radius 2 is 2.47 bits per heavy atom. The van der Waals surface area contributed by atoms with Crippen LogP contribution in [-0.2, 0) is 4.74 Å². The molecule has 15 heavy (non-hydrogen) atoms. The van der Waals surface area contributed by atoms with E-state index in [2.05, 4.69) is 15.7 Å². The lowest BCUT2D eigenvalue weighted by molar-refractivity contribution is 0.153. The zero-order valence-corrected chi connectivity index (χ0v) is 8.60. The number of nitrogen functional groups attached to an aromatic ring is 1. The molecule has 0 fully saturated rings. The molecule has 0 saturated carbocycles. The van der Waals surface area contributed by atoms with E-state index in [4.69, 9.17) is 15.7 Å². The van der Waals surface area contributed by atoms with Crippen molar-refractivity contribution in [3.05, 3.63) is 18.3 Å². The molecule has 0 aliphatic heterocycles. The van der Waals surface area contributed by atoms with Gasteiger partial charge in [-0.3, -0.25) is 0 Å². The SMILES string of the molecule is COCC(CO)Nc1ccnc(NN)c1.